The third-order valence-electron chi connectivity index (χ3n) is 3.28. The van der Waals surface area contributed by atoms with E-state index in [9.17, 15) is 4.79 Å². The van der Waals surface area contributed by atoms with Crippen molar-refractivity contribution < 1.29 is 9.53 Å². The standard InChI is InChI=1S/C19H17N3O2S2/c1-24-15-7-5-6-14(12-15)22-17(23)13-25-18-19(21-11-10-20-18)26-16-8-3-2-4-9-16/h2-12H,13H2,1H3,(H,22,23). The first-order valence-corrected chi connectivity index (χ1v) is 9.65. The second-order valence-corrected chi connectivity index (χ2v) is 7.18. The van der Waals surface area contributed by atoms with E-state index in [1.807, 2.05) is 48.5 Å². The lowest BCUT2D eigenvalue weighted by molar-refractivity contribution is -0.113. The van der Waals surface area contributed by atoms with Gasteiger partial charge in [-0.1, -0.05) is 47.8 Å². The van der Waals surface area contributed by atoms with Crippen molar-refractivity contribution in [2.24, 2.45) is 0 Å². The molecule has 26 heavy (non-hydrogen) atoms. The molecule has 7 heteroatoms. The first kappa shape index (κ1) is 18.3. The minimum absolute atomic E-state index is 0.107. The van der Waals surface area contributed by atoms with Crippen LogP contribution in [0.3, 0.4) is 0 Å². The van der Waals surface area contributed by atoms with Crippen LogP contribution >= 0.6 is 23.5 Å². The van der Waals surface area contributed by atoms with Gasteiger partial charge < -0.3 is 10.1 Å². The molecule has 1 heterocycles. The summed E-state index contributed by atoms with van der Waals surface area (Å²) in [6.45, 7) is 0. The summed E-state index contributed by atoms with van der Waals surface area (Å²) in [5, 5.41) is 4.39. The molecule has 0 unspecified atom stereocenters. The number of rotatable bonds is 7. The van der Waals surface area contributed by atoms with Gasteiger partial charge in [0.2, 0.25) is 5.91 Å². The van der Waals surface area contributed by atoms with Gasteiger partial charge in [-0.15, -0.1) is 0 Å². The average Bonchev–Trinajstić information content (AvgIpc) is 2.68. The number of nitrogens with one attached hydrogen (secondary N) is 1. The van der Waals surface area contributed by atoms with Crippen molar-refractivity contribution in [3.8, 4) is 5.75 Å². The van der Waals surface area contributed by atoms with E-state index in [0.29, 0.717) is 11.4 Å². The molecule has 0 saturated heterocycles. The van der Waals surface area contributed by atoms with Crippen LogP contribution in [-0.4, -0.2) is 28.7 Å². The smallest absolute Gasteiger partial charge is 0.234 e. The number of anilines is 1. The second-order valence-electron chi connectivity index (χ2n) is 5.15. The van der Waals surface area contributed by atoms with Crippen LogP contribution in [0.2, 0.25) is 0 Å². The van der Waals surface area contributed by atoms with Crippen molar-refractivity contribution in [2.75, 3.05) is 18.2 Å². The van der Waals surface area contributed by atoms with Crippen LogP contribution in [0.25, 0.3) is 0 Å². The van der Waals surface area contributed by atoms with Crippen LogP contribution < -0.4 is 10.1 Å². The highest BCUT2D eigenvalue weighted by molar-refractivity contribution is 8.02. The Morgan fingerprint density at radius 2 is 1.81 bits per heavy atom. The minimum Gasteiger partial charge on any atom is -0.497 e. The fraction of sp³-hybridized carbons (Fsp3) is 0.105. The van der Waals surface area contributed by atoms with E-state index in [2.05, 4.69) is 15.3 Å². The zero-order valence-corrected chi connectivity index (χ0v) is 15.7. The van der Waals surface area contributed by atoms with Crippen LogP contribution in [0.1, 0.15) is 0 Å². The molecule has 1 N–H and O–H groups in total. The van der Waals surface area contributed by atoms with Crippen LogP contribution in [0.5, 0.6) is 5.75 Å². The Labute approximate surface area is 160 Å². The summed E-state index contributed by atoms with van der Waals surface area (Å²) in [5.41, 5.74) is 0.702. The Hall–Kier alpha value is -2.51. The lowest BCUT2D eigenvalue weighted by Crippen LogP contribution is -2.14. The van der Waals surface area contributed by atoms with Gasteiger partial charge in [-0.2, -0.15) is 0 Å². The predicted molar refractivity (Wildman–Crippen MR) is 105 cm³/mol. The van der Waals surface area contributed by atoms with Gasteiger partial charge in [0.25, 0.3) is 0 Å². The number of thioether (sulfide) groups is 1. The number of hydrogen-bond acceptors (Lipinski definition) is 6. The molecule has 1 aromatic heterocycles. The summed E-state index contributed by atoms with van der Waals surface area (Å²) < 4.78 is 5.16. The number of amides is 1. The van der Waals surface area contributed by atoms with E-state index >= 15 is 0 Å². The third kappa shape index (κ3) is 5.24. The molecular weight excluding hydrogens is 366 g/mol. The Morgan fingerprint density at radius 1 is 1.04 bits per heavy atom. The van der Waals surface area contributed by atoms with Gasteiger partial charge in [0.05, 0.1) is 12.9 Å². The van der Waals surface area contributed by atoms with Crippen molar-refractivity contribution in [1.82, 2.24) is 9.97 Å². The normalized spacial score (nSPS) is 10.3. The molecule has 132 valence electrons. The lowest BCUT2D eigenvalue weighted by Gasteiger charge is -2.08. The molecule has 0 spiro atoms. The quantitative estimate of drug-likeness (QED) is 0.611. The molecular formula is C19H17N3O2S2. The number of aromatic nitrogens is 2. The minimum atomic E-state index is -0.107. The summed E-state index contributed by atoms with van der Waals surface area (Å²) >= 11 is 2.90. The number of hydrogen-bond donors (Lipinski definition) is 1. The Morgan fingerprint density at radius 3 is 2.58 bits per heavy atom. The topological polar surface area (TPSA) is 64.1 Å². The van der Waals surface area contributed by atoms with E-state index in [4.69, 9.17) is 4.74 Å². The Balaban J connectivity index is 1.61. The Bertz CT molecular complexity index is 875. The largest absolute Gasteiger partial charge is 0.497 e. The van der Waals surface area contributed by atoms with E-state index in [0.717, 1.165) is 14.9 Å². The highest BCUT2D eigenvalue weighted by Crippen LogP contribution is 2.32. The molecule has 0 saturated carbocycles. The molecule has 3 rings (SSSR count). The molecule has 0 aliphatic carbocycles. The molecule has 0 radical (unpaired) electrons. The zero-order chi connectivity index (χ0) is 18.2. The number of ether oxygens (including phenoxy) is 1. The van der Waals surface area contributed by atoms with Gasteiger partial charge in [-0.05, 0) is 24.3 Å². The highest BCUT2D eigenvalue weighted by Gasteiger charge is 2.11. The second kappa shape index (κ2) is 9.26. The average molecular weight is 383 g/mol. The van der Waals surface area contributed by atoms with E-state index in [1.54, 1.807) is 25.6 Å². The number of benzene rings is 2. The number of nitrogens with zero attached hydrogens (tertiary/aromatic N) is 2. The molecule has 0 fully saturated rings. The summed E-state index contributed by atoms with van der Waals surface area (Å²) in [6.07, 6.45) is 3.29. The van der Waals surface area contributed by atoms with Crippen molar-refractivity contribution in [2.45, 2.75) is 14.9 Å². The molecule has 0 aliphatic rings. The highest BCUT2D eigenvalue weighted by atomic mass is 32.2. The van der Waals surface area contributed by atoms with E-state index in [-0.39, 0.29) is 11.7 Å². The van der Waals surface area contributed by atoms with E-state index in [1.165, 1.54) is 23.5 Å². The van der Waals surface area contributed by atoms with Gasteiger partial charge in [0.15, 0.2) is 0 Å². The van der Waals surface area contributed by atoms with Crippen LogP contribution in [0, 0.1) is 0 Å². The lowest BCUT2D eigenvalue weighted by atomic mass is 10.3. The van der Waals surface area contributed by atoms with Gasteiger partial charge in [0.1, 0.15) is 15.8 Å². The molecule has 0 atom stereocenters. The van der Waals surface area contributed by atoms with Crippen molar-refractivity contribution in [1.29, 1.82) is 0 Å². The van der Waals surface area contributed by atoms with Crippen molar-refractivity contribution in [3.05, 3.63) is 67.0 Å². The maximum atomic E-state index is 12.2. The molecule has 2 aromatic carbocycles. The van der Waals surface area contributed by atoms with Crippen molar-refractivity contribution >= 4 is 35.1 Å². The maximum Gasteiger partial charge on any atom is 0.234 e. The number of carbonyl (C=O) groups excluding carboxylic acids is 1. The molecule has 0 bridgehead atoms. The summed E-state index contributed by atoms with van der Waals surface area (Å²) in [4.78, 5) is 22.1. The first-order chi connectivity index (χ1) is 12.7. The van der Waals surface area contributed by atoms with Gasteiger partial charge in [-0.25, -0.2) is 9.97 Å². The number of carbonyl (C=O) groups is 1. The third-order valence-corrected chi connectivity index (χ3v) is 5.39. The monoisotopic (exact) mass is 383 g/mol. The van der Waals surface area contributed by atoms with Gasteiger partial charge >= 0.3 is 0 Å². The van der Waals surface area contributed by atoms with E-state index < -0.39 is 0 Å². The molecule has 5 nitrogen and oxygen atoms in total. The van der Waals surface area contributed by atoms with Gasteiger partial charge in [-0.3, -0.25) is 4.79 Å². The number of methoxy groups -OCH3 is 1. The summed E-state index contributed by atoms with van der Waals surface area (Å²) in [7, 11) is 1.59. The van der Waals surface area contributed by atoms with Crippen LogP contribution in [0.4, 0.5) is 5.69 Å². The molecule has 1 amide bonds. The Kier molecular flexibility index (Phi) is 6.51. The van der Waals surface area contributed by atoms with Crippen LogP contribution in [0.15, 0.2) is 81.9 Å². The maximum absolute atomic E-state index is 12.2. The van der Waals surface area contributed by atoms with Gasteiger partial charge in [0, 0.05) is 29.0 Å². The SMILES string of the molecule is COc1cccc(NC(=O)CSc2nccnc2Sc2ccccc2)c1. The molecule has 0 aliphatic heterocycles. The fourth-order valence-corrected chi connectivity index (χ4v) is 3.84. The first-order valence-electron chi connectivity index (χ1n) is 7.85. The zero-order valence-electron chi connectivity index (χ0n) is 14.1. The predicted octanol–water partition coefficient (Wildman–Crippen LogP) is 4.37. The van der Waals surface area contributed by atoms with Crippen LogP contribution in [-0.2, 0) is 4.79 Å². The van der Waals surface area contributed by atoms with Crippen molar-refractivity contribution in [3.63, 3.8) is 0 Å². The summed E-state index contributed by atoms with van der Waals surface area (Å²) in [6, 6.07) is 17.2. The summed E-state index contributed by atoms with van der Waals surface area (Å²) in [5.74, 6) is 0.841. The fourth-order valence-electron chi connectivity index (χ4n) is 2.11. The molecule has 3 aromatic rings.